The van der Waals surface area contributed by atoms with E-state index < -0.39 is 0 Å². The maximum Gasteiger partial charge on any atom is 0.270 e. The van der Waals surface area contributed by atoms with Crippen molar-refractivity contribution in [3.63, 3.8) is 0 Å². The Kier molecular flexibility index (Phi) is 6.68. The molecular formula is C25H31N3O3. The molecule has 0 fully saturated rings. The van der Waals surface area contributed by atoms with Crippen molar-refractivity contribution in [2.75, 3.05) is 14.2 Å². The zero-order valence-electron chi connectivity index (χ0n) is 19.3. The minimum atomic E-state index is -0.159. The Labute approximate surface area is 184 Å². The van der Waals surface area contributed by atoms with Gasteiger partial charge in [-0.3, -0.25) is 4.79 Å². The second kappa shape index (κ2) is 9.25. The number of ether oxygens (including phenoxy) is 2. The van der Waals surface area contributed by atoms with E-state index in [1.807, 2.05) is 57.2 Å². The van der Waals surface area contributed by atoms with Gasteiger partial charge < -0.3 is 14.8 Å². The molecule has 1 heterocycles. The van der Waals surface area contributed by atoms with Gasteiger partial charge in [-0.05, 0) is 62.1 Å². The van der Waals surface area contributed by atoms with E-state index in [-0.39, 0.29) is 11.9 Å². The van der Waals surface area contributed by atoms with E-state index in [0.29, 0.717) is 28.8 Å². The summed E-state index contributed by atoms with van der Waals surface area (Å²) < 4.78 is 12.6. The SMILES string of the molecule is COc1ccc(-c2cc(C(=O)N[C@H](C)C(C)C)n(-c3cc(C)ccc3C)n2)c(OC)c1. The third-order valence-corrected chi connectivity index (χ3v) is 5.58. The number of methoxy groups -OCH3 is 2. The highest BCUT2D eigenvalue weighted by atomic mass is 16.5. The Morgan fingerprint density at radius 2 is 1.74 bits per heavy atom. The number of hydrogen-bond donors (Lipinski definition) is 1. The topological polar surface area (TPSA) is 65.4 Å². The summed E-state index contributed by atoms with van der Waals surface area (Å²) in [6.07, 6.45) is 0. The van der Waals surface area contributed by atoms with E-state index in [1.165, 1.54) is 0 Å². The molecule has 0 spiro atoms. The van der Waals surface area contributed by atoms with Gasteiger partial charge in [-0.2, -0.15) is 5.10 Å². The predicted molar refractivity (Wildman–Crippen MR) is 123 cm³/mol. The number of amides is 1. The number of nitrogens with one attached hydrogen (secondary N) is 1. The lowest BCUT2D eigenvalue weighted by Gasteiger charge is -2.18. The van der Waals surface area contributed by atoms with Crippen LogP contribution in [0.25, 0.3) is 16.9 Å². The Hall–Kier alpha value is -3.28. The summed E-state index contributed by atoms with van der Waals surface area (Å²) >= 11 is 0. The molecule has 164 valence electrons. The van der Waals surface area contributed by atoms with Gasteiger partial charge in [-0.25, -0.2) is 4.68 Å². The number of aryl methyl sites for hydroxylation is 2. The lowest BCUT2D eigenvalue weighted by atomic mass is 10.1. The molecule has 3 rings (SSSR count). The molecule has 0 aliphatic carbocycles. The van der Waals surface area contributed by atoms with Gasteiger partial charge in [0.15, 0.2) is 0 Å². The van der Waals surface area contributed by atoms with Crippen molar-refractivity contribution in [2.45, 2.75) is 40.7 Å². The number of rotatable bonds is 7. The standard InChI is InChI=1S/C25H31N3O3/c1-15(2)18(5)26-25(29)23-14-21(20-11-10-19(30-6)13-24(20)31-7)27-28(23)22-12-16(3)8-9-17(22)4/h8-15,18H,1-7H3,(H,26,29)/t18-/m1/s1. The molecule has 0 radical (unpaired) electrons. The number of hydrogen-bond acceptors (Lipinski definition) is 4. The van der Waals surface area contributed by atoms with Crippen molar-refractivity contribution in [3.8, 4) is 28.4 Å². The third-order valence-electron chi connectivity index (χ3n) is 5.58. The van der Waals surface area contributed by atoms with E-state index in [4.69, 9.17) is 14.6 Å². The van der Waals surface area contributed by atoms with Crippen molar-refractivity contribution >= 4 is 5.91 Å². The van der Waals surface area contributed by atoms with Crippen LogP contribution < -0.4 is 14.8 Å². The van der Waals surface area contributed by atoms with Gasteiger partial charge in [0.05, 0.1) is 25.6 Å². The molecule has 2 aromatic carbocycles. The van der Waals surface area contributed by atoms with Crippen LogP contribution in [0.15, 0.2) is 42.5 Å². The average molecular weight is 422 g/mol. The van der Waals surface area contributed by atoms with Crippen LogP contribution in [0.4, 0.5) is 0 Å². The number of aromatic nitrogens is 2. The van der Waals surface area contributed by atoms with Gasteiger partial charge in [-0.1, -0.05) is 26.0 Å². The van der Waals surface area contributed by atoms with E-state index in [1.54, 1.807) is 18.9 Å². The number of nitrogens with zero attached hydrogens (tertiary/aromatic N) is 2. The Balaban J connectivity index is 2.17. The third kappa shape index (κ3) is 4.74. The first-order valence-corrected chi connectivity index (χ1v) is 10.5. The highest BCUT2D eigenvalue weighted by Crippen LogP contribution is 2.34. The summed E-state index contributed by atoms with van der Waals surface area (Å²) in [7, 11) is 3.22. The maximum atomic E-state index is 13.2. The molecule has 0 aliphatic rings. The van der Waals surface area contributed by atoms with Crippen LogP contribution in [-0.2, 0) is 0 Å². The molecule has 1 amide bonds. The van der Waals surface area contributed by atoms with Crippen LogP contribution in [0.1, 0.15) is 42.4 Å². The van der Waals surface area contributed by atoms with Crippen LogP contribution in [0.3, 0.4) is 0 Å². The normalized spacial score (nSPS) is 12.0. The van der Waals surface area contributed by atoms with Crippen LogP contribution >= 0.6 is 0 Å². The lowest BCUT2D eigenvalue weighted by molar-refractivity contribution is 0.0922. The minimum Gasteiger partial charge on any atom is -0.497 e. The summed E-state index contributed by atoms with van der Waals surface area (Å²) in [4.78, 5) is 13.2. The van der Waals surface area contributed by atoms with Gasteiger partial charge in [0.1, 0.15) is 17.2 Å². The monoisotopic (exact) mass is 421 g/mol. The molecule has 0 saturated carbocycles. The van der Waals surface area contributed by atoms with Crippen LogP contribution in [0.2, 0.25) is 0 Å². The molecular weight excluding hydrogens is 390 g/mol. The molecule has 1 N–H and O–H groups in total. The second-order valence-corrected chi connectivity index (χ2v) is 8.19. The summed E-state index contributed by atoms with van der Waals surface area (Å²) in [6.45, 7) is 10.2. The van der Waals surface area contributed by atoms with Crippen LogP contribution in [0.5, 0.6) is 11.5 Å². The van der Waals surface area contributed by atoms with Crippen molar-refractivity contribution < 1.29 is 14.3 Å². The fourth-order valence-electron chi connectivity index (χ4n) is 3.26. The number of carbonyl (C=O) groups excluding carboxylic acids is 1. The fraction of sp³-hybridized carbons (Fsp3) is 0.360. The molecule has 0 aliphatic heterocycles. The first-order chi connectivity index (χ1) is 14.7. The summed E-state index contributed by atoms with van der Waals surface area (Å²) in [5.41, 5.74) is 4.94. The van der Waals surface area contributed by atoms with Gasteiger partial charge in [0.25, 0.3) is 5.91 Å². The molecule has 1 aromatic heterocycles. The zero-order valence-corrected chi connectivity index (χ0v) is 19.3. The molecule has 31 heavy (non-hydrogen) atoms. The Morgan fingerprint density at radius 3 is 2.39 bits per heavy atom. The van der Waals surface area contributed by atoms with Crippen molar-refractivity contribution in [2.24, 2.45) is 5.92 Å². The van der Waals surface area contributed by atoms with Gasteiger partial charge in [0, 0.05) is 17.7 Å². The Morgan fingerprint density at radius 1 is 1.00 bits per heavy atom. The number of benzene rings is 2. The van der Waals surface area contributed by atoms with Gasteiger partial charge >= 0.3 is 0 Å². The molecule has 1 atom stereocenters. The zero-order chi connectivity index (χ0) is 22.7. The van der Waals surface area contributed by atoms with Crippen molar-refractivity contribution in [1.82, 2.24) is 15.1 Å². The first kappa shape index (κ1) is 22.4. The molecule has 0 bridgehead atoms. The van der Waals surface area contributed by atoms with E-state index >= 15 is 0 Å². The fourth-order valence-corrected chi connectivity index (χ4v) is 3.26. The van der Waals surface area contributed by atoms with Crippen LogP contribution in [-0.4, -0.2) is 35.9 Å². The molecule has 0 saturated heterocycles. The highest BCUT2D eigenvalue weighted by Gasteiger charge is 2.22. The van der Waals surface area contributed by atoms with Crippen LogP contribution in [0, 0.1) is 19.8 Å². The number of carbonyl (C=O) groups is 1. The highest BCUT2D eigenvalue weighted by molar-refractivity contribution is 5.95. The van der Waals surface area contributed by atoms with Crippen molar-refractivity contribution in [1.29, 1.82) is 0 Å². The largest absolute Gasteiger partial charge is 0.497 e. The van der Waals surface area contributed by atoms with E-state index in [2.05, 4.69) is 25.2 Å². The van der Waals surface area contributed by atoms with Gasteiger partial charge in [-0.15, -0.1) is 0 Å². The smallest absolute Gasteiger partial charge is 0.270 e. The second-order valence-electron chi connectivity index (χ2n) is 8.19. The molecule has 6 nitrogen and oxygen atoms in total. The average Bonchev–Trinajstić information content (AvgIpc) is 3.19. The summed E-state index contributed by atoms with van der Waals surface area (Å²) in [6, 6.07) is 13.5. The minimum absolute atomic E-state index is 0.0356. The molecule has 6 heteroatoms. The molecule has 3 aromatic rings. The maximum absolute atomic E-state index is 13.2. The lowest BCUT2D eigenvalue weighted by Crippen LogP contribution is -2.37. The quantitative estimate of drug-likeness (QED) is 0.586. The van der Waals surface area contributed by atoms with E-state index in [0.717, 1.165) is 22.4 Å². The summed E-state index contributed by atoms with van der Waals surface area (Å²) in [5.74, 6) is 1.49. The molecule has 0 unspecified atom stereocenters. The van der Waals surface area contributed by atoms with Crippen molar-refractivity contribution in [3.05, 3.63) is 59.3 Å². The predicted octanol–water partition coefficient (Wildman–Crippen LogP) is 4.95. The summed E-state index contributed by atoms with van der Waals surface area (Å²) in [5, 5.41) is 7.93. The first-order valence-electron chi connectivity index (χ1n) is 10.5. The van der Waals surface area contributed by atoms with Gasteiger partial charge in [0.2, 0.25) is 0 Å². The van der Waals surface area contributed by atoms with E-state index in [9.17, 15) is 4.79 Å². The Bertz CT molecular complexity index is 1090.